The number of carbonyl (C=O) groups excluding carboxylic acids is 3. The highest BCUT2D eigenvalue weighted by molar-refractivity contribution is 9.09. The summed E-state index contributed by atoms with van der Waals surface area (Å²) in [6.07, 6.45) is 0.427. The highest BCUT2D eigenvalue weighted by atomic mass is 79.9. The third-order valence-electron chi connectivity index (χ3n) is 4.32. The van der Waals surface area contributed by atoms with Gasteiger partial charge in [0, 0.05) is 11.0 Å². The molecule has 2 amide bonds. The molecule has 0 aliphatic carbocycles. The smallest absolute Gasteiger partial charge is 0.326 e. The quantitative estimate of drug-likeness (QED) is 0.325. The monoisotopic (exact) mass is 494 g/mol. The Kier molecular flexibility index (Phi) is 6.88. The second-order valence-electron chi connectivity index (χ2n) is 6.57. The topological polar surface area (TPSA) is 110 Å². The maximum absolute atomic E-state index is 12.6. The van der Waals surface area contributed by atoms with Crippen molar-refractivity contribution < 1.29 is 27.5 Å². The number of carbonyl (C=O) groups is 3. The lowest BCUT2D eigenvalue weighted by Crippen LogP contribution is -2.35. The molecule has 0 spiro atoms. The Bertz CT molecular complexity index is 1070. The van der Waals surface area contributed by atoms with Crippen molar-refractivity contribution in [2.45, 2.75) is 13.0 Å². The van der Waals surface area contributed by atoms with Gasteiger partial charge >= 0.3 is 5.97 Å². The summed E-state index contributed by atoms with van der Waals surface area (Å²) < 4.78 is 31.6. The molecule has 0 atom stereocenters. The van der Waals surface area contributed by atoms with Gasteiger partial charge < -0.3 is 4.74 Å². The van der Waals surface area contributed by atoms with Crippen LogP contribution in [0.4, 0.5) is 5.69 Å². The van der Waals surface area contributed by atoms with Crippen molar-refractivity contribution in [2.75, 3.05) is 22.3 Å². The summed E-state index contributed by atoms with van der Waals surface area (Å²) in [5.74, 6) is -2.10. The van der Waals surface area contributed by atoms with Gasteiger partial charge in [0.05, 0.1) is 16.9 Å². The van der Waals surface area contributed by atoms with Crippen LogP contribution in [-0.2, 0) is 26.2 Å². The molecule has 2 aromatic carbocycles. The molecular formula is C20H19BrN2O6S. The van der Waals surface area contributed by atoms with E-state index in [1.807, 2.05) is 6.07 Å². The van der Waals surface area contributed by atoms with Crippen LogP contribution in [0.25, 0.3) is 0 Å². The van der Waals surface area contributed by atoms with Crippen LogP contribution >= 0.6 is 15.9 Å². The molecule has 0 bridgehead atoms. The third-order valence-corrected chi connectivity index (χ3v) is 6.25. The van der Waals surface area contributed by atoms with E-state index in [1.54, 1.807) is 24.3 Å². The molecule has 10 heteroatoms. The fourth-order valence-corrected chi connectivity index (χ4v) is 4.65. The van der Waals surface area contributed by atoms with E-state index in [0.29, 0.717) is 11.8 Å². The number of benzene rings is 2. The molecule has 0 saturated carbocycles. The van der Waals surface area contributed by atoms with Gasteiger partial charge in [-0.3, -0.25) is 24.0 Å². The first kappa shape index (κ1) is 22.0. The summed E-state index contributed by atoms with van der Waals surface area (Å²) in [4.78, 5) is 38.0. The lowest BCUT2D eigenvalue weighted by molar-refractivity contribution is -0.145. The molecule has 30 heavy (non-hydrogen) atoms. The first-order chi connectivity index (χ1) is 14.3. The van der Waals surface area contributed by atoms with Crippen LogP contribution in [0.5, 0.6) is 0 Å². The first-order valence-corrected chi connectivity index (χ1v) is 11.8. The zero-order chi connectivity index (χ0) is 21.7. The van der Waals surface area contributed by atoms with E-state index < -0.39 is 34.4 Å². The highest BCUT2D eigenvalue weighted by Crippen LogP contribution is 2.26. The lowest BCUT2D eigenvalue weighted by Gasteiger charge is -2.13. The number of amides is 2. The molecule has 158 valence electrons. The van der Waals surface area contributed by atoms with Crippen LogP contribution in [-0.4, -0.2) is 48.7 Å². The Morgan fingerprint density at radius 1 is 1.03 bits per heavy atom. The Labute approximate surface area is 182 Å². The van der Waals surface area contributed by atoms with Crippen molar-refractivity contribution >= 4 is 49.4 Å². The number of halogens is 1. The molecule has 1 aliphatic rings. The summed E-state index contributed by atoms with van der Waals surface area (Å²) >= 11 is 3.18. The first-order valence-electron chi connectivity index (χ1n) is 9.07. The number of nitrogens with one attached hydrogen (secondary N) is 1. The molecule has 1 N–H and O–H groups in total. The number of hydrogen-bond acceptors (Lipinski definition) is 6. The van der Waals surface area contributed by atoms with Crippen molar-refractivity contribution in [3.05, 3.63) is 65.2 Å². The molecule has 8 nitrogen and oxygen atoms in total. The number of imide groups is 1. The van der Waals surface area contributed by atoms with E-state index in [4.69, 9.17) is 4.74 Å². The summed E-state index contributed by atoms with van der Waals surface area (Å²) in [5, 5.41) is 0.542. The van der Waals surface area contributed by atoms with E-state index in [-0.39, 0.29) is 29.2 Å². The maximum atomic E-state index is 12.6. The average molecular weight is 495 g/mol. The molecular weight excluding hydrogens is 476 g/mol. The predicted octanol–water partition coefficient (Wildman–Crippen LogP) is 2.55. The van der Waals surface area contributed by atoms with Crippen LogP contribution in [0.2, 0.25) is 0 Å². The number of alkyl halides is 1. The number of anilines is 1. The van der Waals surface area contributed by atoms with Gasteiger partial charge in [-0.1, -0.05) is 46.3 Å². The number of sulfonamides is 1. The van der Waals surface area contributed by atoms with Crippen molar-refractivity contribution in [3.63, 3.8) is 0 Å². The Balaban J connectivity index is 1.66. The predicted molar refractivity (Wildman–Crippen MR) is 114 cm³/mol. The largest absolute Gasteiger partial charge is 0.459 e. The average Bonchev–Trinajstić information content (AvgIpc) is 2.95. The number of nitrogens with zero attached hydrogens (tertiary/aromatic N) is 1. The molecule has 0 radical (unpaired) electrons. The minimum atomic E-state index is -3.58. The molecule has 0 aromatic heterocycles. The van der Waals surface area contributed by atoms with Crippen LogP contribution in [0.15, 0.2) is 48.5 Å². The number of hydrogen-bond donors (Lipinski definition) is 1. The maximum Gasteiger partial charge on any atom is 0.326 e. The van der Waals surface area contributed by atoms with E-state index in [0.717, 1.165) is 10.5 Å². The zero-order valence-electron chi connectivity index (χ0n) is 15.8. The van der Waals surface area contributed by atoms with Crippen molar-refractivity contribution in [2.24, 2.45) is 0 Å². The molecule has 0 fully saturated rings. The Hall–Kier alpha value is -2.72. The van der Waals surface area contributed by atoms with Crippen LogP contribution in [0, 0.1) is 0 Å². The number of ether oxygens (including phenoxy) is 1. The lowest BCUT2D eigenvalue weighted by atomic mass is 10.1. The number of rotatable bonds is 9. The summed E-state index contributed by atoms with van der Waals surface area (Å²) in [6, 6.07) is 13.1. The van der Waals surface area contributed by atoms with Gasteiger partial charge in [-0.2, -0.15) is 0 Å². The molecule has 0 unspecified atom stereocenters. The fraction of sp³-hybridized carbons (Fsp3) is 0.250. The standard InChI is InChI=1S/C20H19BrN2O6S/c21-9-4-10-30(27,28)22-15-7-8-16-17(11-15)20(26)23(19(16)25)12-18(24)29-13-14-5-2-1-3-6-14/h1-3,5-8,11,22H,4,9-10,12-13H2. The SMILES string of the molecule is O=C(CN1C(=O)c2ccc(NS(=O)(=O)CCCBr)cc2C1=O)OCc1ccccc1. The summed E-state index contributed by atoms with van der Waals surface area (Å²) in [7, 11) is -3.58. The molecule has 1 heterocycles. The van der Waals surface area contributed by atoms with Crippen molar-refractivity contribution in [3.8, 4) is 0 Å². The molecule has 2 aromatic rings. The van der Waals surface area contributed by atoms with Crippen LogP contribution in [0.1, 0.15) is 32.7 Å². The molecule has 0 saturated heterocycles. The summed E-state index contributed by atoms with van der Waals surface area (Å²) in [5.41, 5.74) is 1.11. The summed E-state index contributed by atoms with van der Waals surface area (Å²) in [6.45, 7) is -0.491. The zero-order valence-corrected chi connectivity index (χ0v) is 18.2. The number of esters is 1. The third kappa shape index (κ3) is 5.25. The van der Waals surface area contributed by atoms with E-state index >= 15 is 0 Å². The van der Waals surface area contributed by atoms with Gasteiger partial charge in [-0.05, 0) is 30.2 Å². The van der Waals surface area contributed by atoms with Crippen molar-refractivity contribution in [1.29, 1.82) is 0 Å². The Morgan fingerprint density at radius 3 is 2.43 bits per heavy atom. The van der Waals surface area contributed by atoms with Gasteiger partial charge in [0.2, 0.25) is 10.0 Å². The van der Waals surface area contributed by atoms with E-state index in [1.165, 1.54) is 18.2 Å². The van der Waals surface area contributed by atoms with E-state index in [2.05, 4.69) is 20.7 Å². The number of fused-ring (bicyclic) bond motifs is 1. The van der Waals surface area contributed by atoms with Crippen LogP contribution in [0.3, 0.4) is 0 Å². The van der Waals surface area contributed by atoms with Gasteiger partial charge in [0.25, 0.3) is 11.8 Å². The molecule has 3 rings (SSSR count). The normalized spacial score (nSPS) is 13.3. The fourth-order valence-electron chi connectivity index (χ4n) is 2.89. The minimum Gasteiger partial charge on any atom is -0.459 e. The van der Waals surface area contributed by atoms with E-state index in [9.17, 15) is 22.8 Å². The second kappa shape index (κ2) is 9.40. The minimum absolute atomic E-state index is 0.0309. The second-order valence-corrected chi connectivity index (χ2v) is 9.20. The van der Waals surface area contributed by atoms with Crippen molar-refractivity contribution in [1.82, 2.24) is 4.90 Å². The van der Waals surface area contributed by atoms with Crippen LogP contribution < -0.4 is 4.72 Å². The highest BCUT2D eigenvalue weighted by Gasteiger charge is 2.37. The molecule has 1 aliphatic heterocycles. The van der Waals surface area contributed by atoms with Gasteiger partial charge in [-0.15, -0.1) is 0 Å². The van der Waals surface area contributed by atoms with Gasteiger partial charge in [-0.25, -0.2) is 8.42 Å². The Morgan fingerprint density at radius 2 is 1.73 bits per heavy atom. The van der Waals surface area contributed by atoms with Gasteiger partial charge in [0.1, 0.15) is 13.2 Å². The van der Waals surface area contributed by atoms with Gasteiger partial charge in [0.15, 0.2) is 0 Å².